The van der Waals surface area contributed by atoms with Crippen LogP contribution in [0.25, 0.3) is 0 Å². The van der Waals surface area contributed by atoms with E-state index in [-0.39, 0.29) is 12.2 Å². The quantitative estimate of drug-likeness (QED) is 0.898. The highest BCUT2D eigenvalue weighted by atomic mass is 19.1. The smallest absolute Gasteiger partial charge is 0.309 e. The SMILES string of the molecule is Cc1ncn(CCc2ccc(F)cc2)c1CC(=O)O. The lowest BCUT2D eigenvalue weighted by Crippen LogP contribution is -2.10. The minimum absolute atomic E-state index is 0.0325. The molecular weight excluding hydrogens is 247 g/mol. The highest BCUT2D eigenvalue weighted by Gasteiger charge is 2.11. The van der Waals surface area contributed by atoms with Crippen LogP contribution in [0, 0.1) is 12.7 Å². The molecule has 5 heteroatoms. The van der Waals surface area contributed by atoms with E-state index in [0.717, 1.165) is 17.0 Å². The molecule has 0 aliphatic heterocycles. The Balaban J connectivity index is 2.07. The number of carbonyl (C=O) groups is 1. The average molecular weight is 262 g/mol. The van der Waals surface area contributed by atoms with Gasteiger partial charge in [0.25, 0.3) is 0 Å². The van der Waals surface area contributed by atoms with Gasteiger partial charge in [-0.15, -0.1) is 0 Å². The number of imidazole rings is 1. The third kappa shape index (κ3) is 3.40. The molecule has 0 saturated carbocycles. The zero-order chi connectivity index (χ0) is 13.8. The van der Waals surface area contributed by atoms with Crippen molar-refractivity contribution in [2.24, 2.45) is 0 Å². The van der Waals surface area contributed by atoms with Crippen molar-refractivity contribution in [1.82, 2.24) is 9.55 Å². The summed E-state index contributed by atoms with van der Waals surface area (Å²) >= 11 is 0. The first-order valence-electron chi connectivity index (χ1n) is 6.03. The molecule has 0 saturated heterocycles. The second-order valence-electron chi connectivity index (χ2n) is 4.42. The van der Waals surface area contributed by atoms with Gasteiger partial charge in [-0.3, -0.25) is 4.79 Å². The number of aromatic nitrogens is 2. The molecule has 0 unspecified atom stereocenters. The largest absolute Gasteiger partial charge is 0.481 e. The number of aliphatic carboxylic acids is 1. The number of aryl methyl sites for hydroxylation is 3. The fourth-order valence-electron chi connectivity index (χ4n) is 1.97. The average Bonchev–Trinajstić information content (AvgIpc) is 2.70. The Kier molecular flexibility index (Phi) is 3.94. The van der Waals surface area contributed by atoms with Crippen molar-refractivity contribution >= 4 is 5.97 Å². The second kappa shape index (κ2) is 5.65. The number of halogens is 1. The zero-order valence-corrected chi connectivity index (χ0v) is 10.6. The summed E-state index contributed by atoms with van der Waals surface area (Å²) in [6, 6.07) is 6.31. The summed E-state index contributed by atoms with van der Waals surface area (Å²) in [6.45, 7) is 2.43. The lowest BCUT2D eigenvalue weighted by Gasteiger charge is -2.07. The van der Waals surface area contributed by atoms with Gasteiger partial charge in [-0.1, -0.05) is 12.1 Å². The summed E-state index contributed by atoms with van der Waals surface area (Å²) in [5.74, 6) is -1.12. The lowest BCUT2D eigenvalue weighted by atomic mass is 10.1. The van der Waals surface area contributed by atoms with Crippen LogP contribution in [0.3, 0.4) is 0 Å². The molecule has 0 atom stereocenters. The van der Waals surface area contributed by atoms with E-state index in [9.17, 15) is 9.18 Å². The molecule has 1 heterocycles. The summed E-state index contributed by atoms with van der Waals surface area (Å²) < 4.78 is 14.6. The van der Waals surface area contributed by atoms with Crippen LogP contribution >= 0.6 is 0 Å². The van der Waals surface area contributed by atoms with Gasteiger partial charge in [-0.05, 0) is 31.0 Å². The molecule has 1 aromatic carbocycles. The molecule has 100 valence electrons. The van der Waals surface area contributed by atoms with Gasteiger partial charge < -0.3 is 9.67 Å². The summed E-state index contributed by atoms with van der Waals surface area (Å²) in [6.07, 6.45) is 2.33. The second-order valence-corrected chi connectivity index (χ2v) is 4.42. The van der Waals surface area contributed by atoms with E-state index < -0.39 is 5.97 Å². The van der Waals surface area contributed by atoms with Crippen LogP contribution in [0.15, 0.2) is 30.6 Å². The highest BCUT2D eigenvalue weighted by Crippen LogP contribution is 2.10. The number of hydrogen-bond acceptors (Lipinski definition) is 2. The number of rotatable bonds is 5. The van der Waals surface area contributed by atoms with Crippen molar-refractivity contribution < 1.29 is 14.3 Å². The molecule has 1 aromatic heterocycles. The monoisotopic (exact) mass is 262 g/mol. The fourth-order valence-corrected chi connectivity index (χ4v) is 1.97. The molecule has 1 N–H and O–H groups in total. The summed E-state index contributed by atoms with van der Waals surface area (Å²) in [5.41, 5.74) is 2.46. The third-order valence-corrected chi connectivity index (χ3v) is 3.03. The Morgan fingerprint density at radius 1 is 1.37 bits per heavy atom. The van der Waals surface area contributed by atoms with E-state index in [1.165, 1.54) is 12.1 Å². The van der Waals surface area contributed by atoms with E-state index in [0.29, 0.717) is 13.0 Å². The normalized spacial score (nSPS) is 10.6. The first-order valence-corrected chi connectivity index (χ1v) is 6.03. The van der Waals surface area contributed by atoms with Crippen molar-refractivity contribution in [2.75, 3.05) is 0 Å². The van der Waals surface area contributed by atoms with Gasteiger partial charge in [0.05, 0.1) is 24.1 Å². The molecule has 2 aromatic rings. The van der Waals surface area contributed by atoms with E-state index in [1.54, 1.807) is 25.4 Å². The molecule has 19 heavy (non-hydrogen) atoms. The predicted molar refractivity (Wildman–Crippen MR) is 68.4 cm³/mol. The Morgan fingerprint density at radius 3 is 2.68 bits per heavy atom. The molecular formula is C14H15FN2O2. The zero-order valence-electron chi connectivity index (χ0n) is 10.6. The first kappa shape index (κ1) is 13.3. The molecule has 4 nitrogen and oxygen atoms in total. The standard InChI is InChI=1S/C14H15FN2O2/c1-10-13(8-14(18)19)17(9-16-10)7-6-11-2-4-12(15)5-3-11/h2-5,9H,6-8H2,1H3,(H,18,19). The maximum atomic E-state index is 12.8. The van der Waals surface area contributed by atoms with Crippen LogP contribution in [-0.4, -0.2) is 20.6 Å². The van der Waals surface area contributed by atoms with Gasteiger partial charge in [-0.25, -0.2) is 9.37 Å². The minimum atomic E-state index is -0.869. The van der Waals surface area contributed by atoms with E-state index in [4.69, 9.17) is 5.11 Å². The number of benzene rings is 1. The number of hydrogen-bond donors (Lipinski definition) is 1. The van der Waals surface area contributed by atoms with Crippen molar-refractivity contribution in [2.45, 2.75) is 26.3 Å². The van der Waals surface area contributed by atoms with E-state index >= 15 is 0 Å². The minimum Gasteiger partial charge on any atom is -0.481 e. The molecule has 0 bridgehead atoms. The van der Waals surface area contributed by atoms with Crippen LogP contribution < -0.4 is 0 Å². The maximum Gasteiger partial charge on any atom is 0.309 e. The lowest BCUT2D eigenvalue weighted by molar-refractivity contribution is -0.136. The Hall–Kier alpha value is -2.17. The van der Waals surface area contributed by atoms with Crippen LogP contribution in [-0.2, 0) is 24.2 Å². The number of carboxylic acid groups (broad SMARTS) is 1. The highest BCUT2D eigenvalue weighted by molar-refractivity contribution is 5.69. The molecule has 0 aliphatic carbocycles. The van der Waals surface area contributed by atoms with Crippen LogP contribution in [0.4, 0.5) is 4.39 Å². The Bertz CT molecular complexity index is 576. The van der Waals surface area contributed by atoms with Crippen LogP contribution in [0.1, 0.15) is 17.0 Å². The fraction of sp³-hybridized carbons (Fsp3) is 0.286. The van der Waals surface area contributed by atoms with Crippen molar-refractivity contribution in [1.29, 1.82) is 0 Å². The molecule has 0 spiro atoms. The first-order chi connectivity index (χ1) is 9.06. The van der Waals surface area contributed by atoms with Gasteiger partial charge in [0.15, 0.2) is 0 Å². The molecule has 0 fully saturated rings. The molecule has 2 rings (SSSR count). The summed E-state index contributed by atoms with van der Waals surface area (Å²) in [4.78, 5) is 14.9. The van der Waals surface area contributed by atoms with Crippen LogP contribution in [0.2, 0.25) is 0 Å². The van der Waals surface area contributed by atoms with Crippen molar-refractivity contribution in [3.05, 3.63) is 53.4 Å². The summed E-state index contributed by atoms with van der Waals surface area (Å²) in [7, 11) is 0. The van der Waals surface area contributed by atoms with Gasteiger partial charge in [0.1, 0.15) is 5.82 Å². The third-order valence-electron chi connectivity index (χ3n) is 3.03. The number of carboxylic acids is 1. The molecule has 0 radical (unpaired) electrons. The Morgan fingerprint density at radius 2 is 2.05 bits per heavy atom. The molecule has 0 aliphatic rings. The Labute approximate surface area is 110 Å². The predicted octanol–water partition coefficient (Wildman–Crippen LogP) is 2.20. The van der Waals surface area contributed by atoms with E-state index in [1.807, 2.05) is 4.57 Å². The number of nitrogens with zero attached hydrogens (tertiary/aromatic N) is 2. The van der Waals surface area contributed by atoms with Crippen molar-refractivity contribution in [3.8, 4) is 0 Å². The van der Waals surface area contributed by atoms with Gasteiger partial charge in [0.2, 0.25) is 0 Å². The molecule has 0 amide bonds. The van der Waals surface area contributed by atoms with Gasteiger partial charge in [0, 0.05) is 6.54 Å². The van der Waals surface area contributed by atoms with Crippen molar-refractivity contribution in [3.63, 3.8) is 0 Å². The van der Waals surface area contributed by atoms with Gasteiger partial charge in [-0.2, -0.15) is 0 Å². The van der Waals surface area contributed by atoms with Crippen LogP contribution in [0.5, 0.6) is 0 Å². The topological polar surface area (TPSA) is 55.1 Å². The van der Waals surface area contributed by atoms with E-state index in [2.05, 4.69) is 4.98 Å². The summed E-state index contributed by atoms with van der Waals surface area (Å²) in [5, 5.41) is 8.87. The maximum absolute atomic E-state index is 12.8. The van der Waals surface area contributed by atoms with Gasteiger partial charge >= 0.3 is 5.97 Å².